The molecule has 0 aromatic rings. The zero-order valence-electron chi connectivity index (χ0n) is 4.10. The molecule has 0 spiro atoms. The first kappa shape index (κ1) is 10.2. The van der Waals surface area contributed by atoms with Gasteiger partial charge >= 0.3 is 0 Å². The first-order chi connectivity index (χ1) is 3.68. The highest BCUT2D eigenvalue weighted by atomic mass is 79.9. The van der Waals surface area contributed by atoms with Crippen LogP contribution in [0.2, 0.25) is 0 Å². The second-order valence-corrected chi connectivity index (χ2v) is 1.05. The van der Waals surface area contributed by atoms with Crippen molar-refractivity contribution in [2.75, 3.05) is 0 Å². The van der Waals surface area contributed by atoms with E-state index in [1.165, 1.54) is 0 Å². The summed E-state index contributed by atoms with van der Waals surface area (Å²) < 4.78 is 0. The number of carbonyl (C=O) groups excluding carboxylic acids is 1. The number of hydrogen-bond donors (Lipinski definition) is 1. The second-order valence-electron chi connectivity index (χ2n) is 0.691. The molecule has 3 nitrogen and oxygen atoms in total. The number of nitrogens with two attached hydrogens (primary N) is 1. The number of halogens is 1. The second kappa shape index (κ2) is 9.49. The molecule has 0 saturated carbocycles. The monoisotopic (exact) mass is 176 g/mol. The molecular weight excluding hydrogens is 172 g/mol. The maximum absolute atomic E-state index is 9.47. The molecule has 44 valence electrons. The molecule has 0 rings (SSSR count). The van der Waals surface area contributed by atoms with Gasteiger partial charge in [-0.3, -0.25) is 4.79 Å². The average Bonchev–Trinajstić information content (AvgIpc) is 1.69. The Balaban J connectivity index is 0. The van der Waals surface area contributed by atoms with Gasteiger partial charge in [-0.1, -0.05) is 6.58 Å². The van der Waals surface area contributed by atoms with Gasteiger partial charge in [-0.05, 0) is 6.08 Å². The van der Waals surface area contributed by atoms with Gasteiger partial charge in [0.1, 0.15) is 4.98 Å². The third-order valence-corrected chi connectivity index (χ3v) is 0.201. The molecule has 0 aliphatic heterocycles. The van der Waals surface area contributed by atoms with E-state index in [9.17, 15) is 4.79 Å². The predicted molar refractivity (Wildman–Crippen MR) is 33.9 cm³/mol. The van der Waals surface area contributed by atoms with Crippen molar-refractivity contribution in [2.45, 2.75) is 0 Å². The Morgan fingerprint density at radius 2 is 2.12 bits per heavy atom. The highest BCUT2D eigenvalue weighted by Gasteiger charge is 1.69. The normalized spacial score (nSPS) is 5.00. The summed E-state index contributed by atoms with van der Waals surface area (Å²) >= 11 is 2.45. The third-order valence-electron chi connectivity index (χ3n) is 0.201. The summed E-state index contributed by atoms with van der Waals surface area (Å²) in [7, 11) is 0. The van der Waals surface area contributed by atoms with Gasteiger partial charge in [0.15, 0.2) is 0 Å². The van der Waals surface area contributed by atoms with Crippen molar-refractivity contribution in [1.29, 1.82) is 5.26 Å². The van der Waals surface area contributed by atoms with E-state index in [2.05, 4.69) is 28.2 Å². The fourth-order valence-electron chi connectivity index (χ4n) is 0. The number of hydrogen-bond acceptors (Lipinski definition) is 2. The Kier molecular flexibility index (Phi) is 12.1. The molecule has 4 heteroatoms. The van der Waals surface area contributed by atoms with Crippen LogP contribution < -0.4 is 5.73 Å². The Morgan fingerprint density at radius 3 is 2.12 bits per heavy atom. The van der Waals surface area contributed by atoms with Gasteiger partial charge in [0.25, 0.3) is 0 Å². The van der Waals surface area contributed by atoms with E-state index in [1.807, 2.05) is 0 Å². The van der Waals surface area contributed by atoms with Crippen molar-refractivity contribution in [2.24, 2.45) is 5.73 Å². The van der Waals surface area contributed by atoms with Crippen LogP contribution in [0.3, 0.4) is 0 Å². The van der Waals surface area contributed by atoms with Gasteiger partial charge in [0, 0.05) is 15.9 Å². The minimum atomic E-state index is -0.481. The van der Waals surface area contributed by atoms with E-state index in [4.69, 9.17) is 5.26 Å². The zero-order chi connectivity index (χ0) is 6.99. The molecule has 0 unspecified atom stereocenters. The zero-order valence-corrected chi connectivity index (χ0v) is 5.68. The van der Waals surface area contributed by atoms with Crippen molar-refractivity contribution in [3.63, 3.8) is 0 Å². The predicted octanol–water partition coefficient (Wildman–Crippen LogP) is 0.520. The summed E-state index contributed by atoms with van der Waals surface area (Å²) in [5, 5.41) is 7.24. The number of carbonyl (C=O) groups is 1. The summed E-state index contributed by atoms with van der Waals surface area (Å²) in [6, 6.07) is 0. The molecule has 0 aliphatic carbocycles. The molecule has 0 atom stereocenters. The van der Waals surface area contributed by atoms with Crippen LogP contribution in [0, 0.1) is 10.2 Å². The Morgan fingerprint density at radius 1 is 2.00 bits per heavy atom. The summed E-state index contributed by atoms with van der Waals surface area (Å²) in [4.78, 5) is 11.0. The van der Waals surface area contributed by atoms with Crippen LogP contribution in [0.1, 0.15) is 0 Å². The van der Waals surface area contributed by atoms with E-state index in [0.29, 0.717) is 0 Å². The lowest BCUT2D eigenvalue weighted by Gasteiger charge is -1.65. The molecule has 0 fully saturated rings. The minimum Gasteiger partial charge on any atom is -0.366 e. The van der Waals surface area contributed by atoms with Crippen LogP contribution in [0.4, 0.5) is 0 Å². The fraction of sp³-hybridized carbons (Fsp3) is 0. The number of nitriles is 1. The lowest BCUT2D eigenvalue weighted by molar-refractivity contribution is -0.113. The Labute approximate surface area is 55.9 Å². The average molecular weight is 177 g/mol. The molecular formula is C4H5BrN2O. The van der Waals surface area contributed by atoms with E-state index >= 15 is 0 Å². The van der Waals surface area contributed by atoms with Crippen molar-refractivity contribution in [3.8, 4) is 4.98 Å². The van der Waals surface area contributed by atoms with Crippen molar-refractivity contribution in [1.82, 2.24) is 0 Å². The molecule has 0 radical (unpaired) electrons. The Hall–Kier alpha value is -0.820. The quantitative estimate of drug-likeness (QED) is 0.593. The first-order valence-electron chi connectivity index (χ1n) is 1.60. The smallest absolute Gasteiger partial charge is 0.240 e. The van der Waals surface area contributed by atoms with Crippen LogP contribution in [-0.2, 0) is 4.79 Å². The summed E-state index contributed by atoms with van der Waals surface area (Å²) in [6.45, 7) is 3.09. The maximum atomic E-state index is 9.47. The standard InChI is InChI=1S/C3H5NO.CBrN/c1-2-3(4)5;2-1-3/h2H,1H2,(H2,4,5);. The van der Waals surface area contributed by atoms with Crippen LogP contribution >= 0.6 is 15.9 Å². The molecule has 0 aromatic heterocycles. The number of primary amides is 1. The summed E-state index contributed by atoms with van der Waals surface area (Å²) in [6.07, 6.45) is 1.06. The highest BCUT2D eigenvalue weighted by molar-refractivity contribution is 9.12. The molecule has 0 bridgehead atoms. The molecule has 0 heterocycles. The summed E-state index contributed by atoms with van der Waals surface area (Å²) in [5.74, 6) is -0.481. The van der Waals surface area contributed by atoms with Crippen LogP contribution in [0.25, 0.3) is 0 Å². The molecule has 2 N–H and O–H groups in total. The maximum Gasteiger partial charge on any atom is 0.240 e. The van der Waals surface area contributed by atoms with E-state index < -0.39 is 5.91 Å². The minimum absolute atomic E-state index is 0.481. The van der Waals surface area contributed by atoms with Gasteiger partial charge in [-0.15, -0.1) is 0 Å². The number of amides is 1. The molecule has 1 amide bonds. The van der Waals surface area contributed by atoms with Gasteiger partial charge in [-0.2, -0.15) is 5.26 Å². The van der Waals surface area contributed by atoms with Crippen molar-refractivity contribution >= 4 is 21.8 Å². The topological polar surface area (TPSA) is 66.9 Å². The van der Waals surface area contributed by atoms with Crippen LogP contribution in [0.5, 0.6) is 0 Å². The van der Waals surface area contributed by atoms with Gasteiger partial charge in [-0.25, -0.2) is 0 Å². The SMILES string of the molecule is C=CC(N)=O.N#CBr. The summed E-state index contributed by atoms with van der Waals surface area (Å²) in [5.41, 5.74) is 4.53. The lowest BCUT2D eigenvalue weighted by Crippen LogP contribution is -2.04. The van der Waals surface area contributed by atoms with E-state index in [-0.39, 0.29) is 0 Å². The molecule has 0 aromatic carbocycles. The highest BCUT2D eigenvalue weighted by Crippen LogP contribution is 1.58. The fourth-order valence-corrected chi connectivity index (χ4v) is 0. The van der Waals surface area contributed by atoms with Gasteiger partial charge in [0.2, 0.25) is 5.91 Å². The van der Waals surface area contributed by atoms with E-state index in [1.54, 1.807) is 4.98 Å². The number of nitrogens with zero attached hydrogens (tertiary/aromatic N) is 1. The van der Waals surface area contributed by atoms with Gasteiger partial charge < -0.3 is 5.73 Å². The van der Waals surface area contributed by atoms with Gasteiger partial charge in [0.05, 0.1) is 0 Å². The third kappa shape index (κ3) is 65.0. The number of rotatable bonds is 1. The van der Waals surface area contributed by atoms with Crippen LogP contribution in [0.15, 0.2) is 12.7 Å². The molecule has 0 saturated heterocycles. The molecule has 8 heavy (non-hydrogen) atoms. The van der Waals surface area contributed by atoms with E-state index in [0.717, 1.165) is 6.08 Å². The first-order valence-corrected chi connectivity index (χ1v) is 2.40. The Bertz CT molecular complexity index is 116. The van der Waals surface area contributed by atoms with Crippen molar-refractivity contribution in [3.05, 3.63) is 12.7 Å². The van der Waals surface area contributed by atoms with Crippen LogP contribution in [-0.4, -0.2) is 5.91 Å². The largest absolute Gasteiger partial charge is 0.366 e. The lowest BCUT2D eigenvalue weighted by atomic mass is 10.6. The molecule has 0 aliphatic rings. The van der Waals surface area contributed by atoms with Crippen molar-refractivity contribution < 1.29 is 4.79 Å².